The molecule has 14 heavy (non-hydrogen) atoms. The molecule has 0 bridgehead atoms. The molecule has 1 aromatic rings. The Kier molecular flexibility index (Phi) is 3.18. The van der Waals surface area contributed by atoms with Crippen LogP contribution in [0.1, 0.15) is 25.3 Å². The van der Waals surface area contributed by atoms with Gasteiger partial charge in [0.2, 0.25) is 0 Å². The Labute approximate surface area is 87.6 Å². The summed E-state index contributed by atoms with van der Waals surface area (Å²) in [7, 11) is -2.20. The molecule has 0 aliphatic carbocycles. The van der Waals surface area contributed by atoms with Gasteiger partial charge < -0.3 is 5.11 Å². The van der Waals surface area contributed by atoms with E-state index in [1.54, 1.807) is 5.38 Å². The number of hydrogen-bond donors (Lipinski definition) is 2. The summed E-state index contributed by atoms with van der Waals surface area (Å²) in [5, 5.41) is 11.3. The Hall–Kier alpha value is -0.590. The van der Waals surface area contributed by atoms with E-state index in [0.717, 1.165) is 11.3 Å². The number of aromatic hydroxyl groups is 1. The van der Waals surface area contributed by atoms with Crippen LogP contribution in [-0.4, -0.2) is 20.6 Å². The second-order valence-corrected chi connectivity index (χ2v) is 6.15. The van der Waals surface area contributed by atoms with Crippen molar-refractivity contribution < 1.29 is 13.5 Å². The van der Waals surface area contributed by atoms with E-state index in [2.05, 4.69) is 4.72 Å². The van der Waals surface area contributed by atoms with Crippen LogP contribution in [0.4, 0.5) is 0 Å². The highest BCUT2D eigenvalue weighted by Crippen LogP contribution is 2.37. The lowest BCUT2D eigenvalue weighted by Gasteiger charge is -2.03. The molecular formula is C8H13NO3S2. The molecule has 80 valence electrons. The highest BCUT2D eigenvalue weighted by molar-refractivity contribution is 7.91. The van der Waals surface area contributed by atoms with Crippen molar-refractivity contribution in [1.29, 1.82) is 0 Å². The molecule has 6 heteroatoms. The smallest absolute Gasteiger partial charge is 0.253 e. The minimum absolute atomic E-state index is 0.0105. The fourth-order valence-corrected chi connectivity index (χ4v) is 3.35. The molecule has 0 aliphatic heterocycles. The summed E-state index contributed by atoms with van der Waals surface area (Å²) in [6.45, 7) is 3.80. The molecule has 0 saturated carbocycles. The summed E-state index contributed by atoms with van der Waals surface area (Å²) in [5.74, 6) is -0.00796. The van der Waals surface area contributed by atoms with Crippen molar-refractivity contribution >= 4 is 21.4 Å². The Morgan fingerprint density at radius 3 is 2.43 bits per heavy atom. The lowest BCUT2D eigenvalue weighted by atomic mass is 10.1. The first-order chi connectivity index (χ1) is 6.40. The molecule has 0 saturated heterocycles. The Morgan fingerprint density at radius 1 is 1.50 bits per heavy atom. The zero-order valence-electron chi connectivity index (χ0n) is 8.23. The predicted molar refractivity (Wildman–Crippen MR) is 56.3 cm³/mol. The van der Waals surface area contributed by atoms with Crippen LogP contribution in [-0.2, 0) is 10.0 Å². The van der Waals surface area contributed by atoms with Gasteiger partial charge in [-0.3, -0.25) is 0 Å². The van der Waals surface area contributed by atoms with Crippen molar-refractivity contribution in [2.45, 2.75) is 24.0 Å². The molecule has 1 heterocycles. The predicted octanol–water partition coefficient (Wildman–Crippen LogP) is 1.49. The molecule has 0 aliphatic rings. The van der Waals surface area contributed by atoms with Gasteiger partial charge in [-0.2, -0.15) is 0 Å². The molecule has 0 unspecified atom stereocenters. The first-order valence-corrected chi connectivity index (χ1v) is 6.50. The maximum Gasteiger partial charge on any atom is 0.253 e. The van der Waals surface area contributed by atoms with Crippen LogP contribution in [0.25, 0.3) is 0 Å². The molecule has 0 radical (unpaired) electrons. The Morgan fingerprint density at radius 2 is 2.07 bits per heavy atom. The maximum absolute atomic E-state index is 11.4. The highest BCUT2D eigenvalue weighted by atomic mass is 32.2. The molecule has 1 rings (SSSR count). The Balaban J connectivity index is 3.27. The van der Waals surface area contributed by atoms with E-state index < -0.39 is 10.0 Å². The van der Waals surface area contributed by atoms with Gasteiger partial charge in [0, 0.05) is 5.56 Å². The minimum atomic E-state index is -3.52. The van der Waals surface area contributed by atoms with Gasteiger partial charge >= 0.3 is 0 Å². The van der Waals surface area contributed by atoms with Gasteiger partial charge in [-0.05, 0) is 18.3 Å². The van der Waals surface area contributed by atoms with Crippen molar-refractivity contribution in [1.82, 2.24) is 4.72 Å². The van der Waals surface area contributed by atoms with E-state index in [1.807, 2.05) is 13.8 Å². The Bertz CT molecular complexity index is 420. The van der Waals surface area contributed by atoms with E-state index in [0.29, 0.717) is 5.56 Å². The van der Waals surface area contributed by atoms with Gasteiger partial charge in [-0.25, -0.2) is 13.1 Å². The average molecular weight is 235 g/mol. The fraction of sp³-hybridized carbons (Fsp3) is 0.500. The van der Waals surface area contributed by atoms with E-state index in [-0.39, 0.29) is 15.9 Å². The number of nitrogens with one attached hydrogen (secondary N) is 1. The monoisotopic (exact) mass is 235 g/mol. The van der Waals surface area contributed by atoms with E-state index in [4.69, 9.17) is 0 Å². The van der Waals surface area contributed by atoms with Gasteiger partial charge in [-0.15, -0.1) is 11.3 Å². The van der Waals surface area contributed by atoms with Gasteiger partial charge in [0.1, 0.15) is 5.75 Å². The third kappa shape index (κ3) is 1.92. The van der Waals surface area contributed by atoms with Crippen LogP contribution in [0.15, 0.2) is 9.59 Å². The van der Waals surface area contributed by atoms with Crippen LogP contribution < -0.4 is 4.72 Å². The van der Waals surface area contributed by atoms with Crippen LogP contribution in [0.2, 0.25) is 0 Å². The largest absolute Gasteiger partial charge is 0.505 e. The van der Waals surface area contributed by atoms with Crippen LogP contribution >= 0.6 is 11.3 Å². The van der Waals surface area contributed by atoms with Gasteiger partial charge in [-0.1, -0.05) is 13.8 Å². The summed E-state index contributed by atoms with van der Waals surface area (Å²) in [6, 6.07) is 0. The normalized spacial score (nSPS) is 12.3. The van der Waals surface area contributed by atoms with Gasteiger partial charge in [0.15, 0.2) is 4.21 Å². The standard InChI is InChI=1S/C8H13NO3S2/c1-5(2)6-4-13-8(7(6)10)14(11,12)9-3/h4-5,9-10H,1-3H3. The zero-order valence-corrected chi connectivity index (χ0v) is 9.87. The molecular weight excluding hydrogens is 222 g/mol. The number of thiophene rings is 1. The van der Waals surface area contributed by atoms with E-state index >= 15 is 0 Å². The van der Waals surface area contributed by atoms with Crippen LogP contribution in [0, 0.1) is 0 Å². The highest BCUT2D eigenvalue weighted by Gasteiger charge is 2.22. The first-order valence-electron chi connectivity index (χ1n) is 4.14. The summed E-state index contributed by atoms with van der Waals surface area (Å²) in [4.78, 5) is 0. The lowest BCUT2D eigenvalue weighted by Crippen LogP contribution is -2.17. The zero-order chi connectivity index (χ0) is 10.9. The summed E-state index contributed by atoms with van der Waals surface area (Å²) in [5.41, 5.74) is 0.670. The fourth-order valence-electron chi connectivity index (χ4n) is 1.04. The van der Waals surface area contributed by atoms with Gasteiger partial charge in [0.05, 0.1) is 0 Å². The second-order valence-electron chi connectivity index (χ2n) is 3.19. The second kappa shape index (κ2) is 3.88. The van der Waals surface area contributed by atoms with Crippen molar-refractivity contribution in [3.8, 4) is 5.75 Å². The number of rotatable bonds is 3. The molecule has 0 amide bonds. The molecule has 4 nitrogen and oxygen atoms in total. The van der Waals surface area contributed by atoms with Crippen molar-refractivity contribution in [2.24, 2.45) is 0 Å². The minimum Gasteiger partial charge on any atom is -0.505 e. The molecule has 2 N–H and O–H groups in total. The molecule has 0 fully saturated rings. The molecule has 1 aromatic heterocycles. The van der Waals surface area contributed by atoms with Crippen LogP contribution in [0.3, 0.4) is 0 Å². The van der Waals surface area contributed by atoms with Crippen molar-refractivity contribution in [2.75, 3.05) is 7.05 Å². The van der Waals surface area contributed by atoms with Gasteiger partial charge in [0.25, 0.3) is 10.0 Å². The lowest BCUT2D eigenvalue weighted by molar-refractivity contribution is 0.454. The van der Waals surface area contributed by atoms with Crippen molar-refractivity contribution in [3.05, 3.63) is 10.9 Å². The number of sulfonamides is 1. The van der Waals surface area contributed by atoms with E-state index in [1.165, 1.54) is 7.05 Å². The first kappa shape index (κ1) is 11.5. The maximum atomic E-state index is 11.4. The summed E-state index contributed by atoms with van der Waals surface area (Å²) >= 11 is 1.04. The summed E-state index contributed by atoms with van der Waals surface area (Å²) < 4.78 is 25.0. The average Bonchev–Trinajstić information content (AvgIpc) is 2.47. The summed E-state index contributed by atoms with van der Waals surface area (Å²) in [6.07, 6.45) is 0. The molecule has 0 spiro atoms. The molecule has 0 atom stereocenters. The third-order valence-electron chi connectivity index (χ3n) is 1.89. The quantitative estimate of drug-likeness (QED) is 0.834. The molecule has 0 aromatic carbocycles. The topological polar surface area (TPSA) is 66.4 Å². The van der Waals surface area contributed by atoms with E-state index in [9.17, 15) is 13.5 Å². The SMILES string of the molecule is CNS(=O)(=O)c1scc(C(C)C)c1O. The third-order valence-corrected chi connectivity index (χ3v) is 4.84. The number of hydrogen-bond acceptors (Lipinski definition) is 4. The van der Waals surface area contributed by atoms with Crippen LogP contribution in [0.5, 0.6) is 5.75 Å². The van der Waals surface area contributed by atoms with Crippen molar-refractivity contribution in [3.63, 3.8) is 0 Å².